The van der Waals surface area contributed by atoms with Crippen LogP contribution >= 0.6 is 0 Å². The van der Waals surface area contributed by atoms with Crippen LogP contribution in [-0.4, -0.2) is 18.5 Å². The quantitative estimate of drug-likeness (QED) is 0.397. The summed E-state index contributed by atoms with van der Waals surface area (Å²) >= 11 is 0. The maximum atomic E-state index is 11.2. The van der Waals surface area contributed by atoms with Crippen molar-refractivity contribution < 1.29 is 19.4 Å². The van der Waals surface area contributed by atoms with Crippen LogP contribution in [-0.2, 0) is 19.4 Å². The van der Waals surface area contributed by atoms with Gasteiger partial charge in [-0.3, -0.25) is 4.79 Å². The van der Waals surface area contributed by atoms with E-state index < -0.39 is 5.97 Å². The molecular formula is C14H25O4. The fraction of sp³-hybridized carbons (Fsp3) is 0.857. The molecule has 0 saturated carbocycles. The molecule has 105 valence electrons. The number of esters is 1. The molecular weight excluding hydrogens is 232 g/mol. The molecule has 4 heteroatoms. The third kappa shape index (κ3) is 13.0. The van der Waals surface area contributed by atoms with E-state index in [2.05, 4.69) is 6.92 Å². The zero-order chi connectivity index (χ0) is 13.6. The van der Waals surface area contributed by atoms with Gasteiger partial charge >= 0.3 is 11.9 Å². The Morgan fingerprint density at radius 2 is 1.44 bits per heavy atom. The third-order valence-electron chi connectivity index (χ3n) is 2.77. The van der Waals surface area contributed by atoms with Crippen molar-refractivity contribution in [2.75, 3.05) is 6.61 Å². The zero-order valence-corrected chi connectivity index (χ0v) is 11.4. The van der Waals surface area contributed by atoms with E-state index in [1.165, 1.54) is 0 Å². The molecule has 0 fully saturated rings. The molecule has 0 spiro atoms. The van der Waals surface area contributed by atoms with Crippen molar-refractivity contribution >= 4 is 11.9 Å². The van der Waals surface area contributed by atoms with Crippen molar-refractivity contribution in [1.82, 2.24) is 0 Å². The Balaban J connectivity index is 3.15. The number of rotatable bonds is 12. The lowest BCUT2D eigenvalue weighted by Crippen LogP contribution is -2.05. The summed E-state index contributed by atoms with van der Waals surface area (Å²) in [6.45, 7) is 2.59. The lowest BCUT2D eigenvalue weighted by molar-refractivity contribution is -0.144. The van der Waals surface area contributed by atoms with Crippen LogP contribution in [0.15, 0.2) is 0 Å². The highest BCUT2D eigenvalue weighted by Gasteiger charge is 2.02. The number of unbranched alkanes of at least 4 members (excludes halogenated alkanes) is 6. The summed E-state index contributed by atoms with van der Waals surface area (Å²) < 4.78 is 5.09. The molecule has 0 aromatic heterocycles. The number of carbonyl (C=O) groups is 2. The Labute approximate surface area is 110 Å². The molecule has 0 aliphatic heterocycles. The summed E-state index contributed by atoms with van der Waals surface area (Å²) in [4.78, 5) is 21.4. The molecule has 0 unspecified atom stereocenters. The van der Waals surface area contributed by atoms with Gasteiger partial charge in [0.1, 0.15) is 0 Å². The zero-order valence-electron chi connectivity index (χ0n) is 11.4. The lowest BCUT2D eigenvalue weighted by Gasteiger charge is -2.04. The van der Waals surface area contributed by atoms with Gasteiger partial charge in [0.05, 0.1) is 13.0 Å². The first-order chi connectivity index (χ1) is 8.66. The third-order valence-corrected chi connectivity index (χ3v) is 2.77. The largest absolute Gasteiger partial charge is 0.466 e. The summed E-state index contributed by atoms with van der Waals surface area (Å²) in [5.41, 5.74) is 0. The summed E-state index contributed by atoms with van der Waals surface area (Å²) in [5, 5.41) is 10.1. The molecule has 0 amide bonds. The van der Waals surface area contributed by atoms with E-state index in [4.69, 9.17) is 4.74 Å². The molecule has 0 aliphatic carbocycles. The molecule has 0 bridgehead atoms. The highest BCUT2D eigenvalue weighted by atomic mass is 16.5. The van der Waals surface area contributed by atoms with E-state index in [0.717, 1.165) is 44.9 Å². The fourth-order valence-electron chi connectivity index (χ4n) is 1.68. The fourth-order valence-corrected chi connectivity index (χ4v) is 1.68. The SMILES string of the molecule is CCCCCC(=O)OCCCCCCCC([O])=O. The minimum absolute atomic E-state index is 0.0969. The van der Waals surface area contributed by atoms with E-state index in [1.807, 2.05) is 0 Å². The van der Waals surface area contributed by atoms with Crippen LogP contribution in [0.25, 0.3) is 0 Å². The van der Waals surface area contributed by atoms with Crippen LogP contribution < -0.4 is 0 Å². The van der Waals surface area contributed by atoms with Crippen molar-refractivity contribution in [3.63, 3.8) is 0 Å². The van der Waals surface area contributed by atoms with Crippen molar-refractivity contribution in [2.45, 2.75) is 71.1 Å². The van der Waals surface area contributed by atoms with Crippen LogP contribution in [0.2, 0.25) is 0 Å². The molecule has 0 aromatic rings. The normalized spacial score (nSPS) is 10.3. The molecule has 1 radical (unpaired) electrons. The summed E-state index contributed by atoms with van der Waals surface area (Å²) in [7, 11) is 0. The van der Waals surface area contributed by atoms with Gasteiger partial charge in [-0.15, -0.1) is 0 Å². The lowest BCUT2D eigenvalue weighted by atomic mass is 10.1. The topological polar surface area (TPSA) is 63.3 Å². The first-order valence-corrected chi connectivity index (χ1v) is 7.02. The van der Waals surface area contributed by atoms with E-state index in [-0.39, 0.29) is 12.4 Å². The second-order valence-electron chi connectivity index (χ2n) is 4.57. The van der Waals surface area contributed by atoms with Gasteiger partial charge in [0.25, 0.3) is 0 Å². The van der Waals surface area contributed by atoms with Crippen molar-refractivity contribution in [1.29, 1.82) is 0 Å². The van der Waals surface area contributed by atoms with Gasteiger partial charge in [-0.1, -0.05) is 39.0 Å². The van der Waals surface area contributed by atoms with Gasteiger partial charge in [0.2, 0.25) is 0 Å². The first-order valence-electron chi connectivity index (χ1n) is 7.02. The number of ether oxygens (including phenoxy) is 1. The van der Waals surface area contributed by atoms with E-state index in [9.17, 15) is 14.7 Å². The molecule has 0 atom stereocenters. The Bertz CT molecular complexity index is 226. The first kappa shape index (κ1) is 16.9. The van der Waals surface area contributed by atoms with Gasteiger partial charge in [-0.25, -0.2) is 9.90 Å². The van der Waals surface area contributed by atoms with Gasteiger partial charge in [0, 0.05) is 6.42 Å². The van der Waals surface area contributed by atoms with Crippen LogP contribution in [0.1, 0.15) is 71.1 Å². The van der Waals surface area contributed by atoms with Gasteiger partial charge in [-0.2, -0.15) is 0 Å². The van der Waals surface area contributed by atoms with E-state index in [1.54, 1.807) is 0 Å². The van der Waals surface area contributed by atoms with Gasteiger partial charge in [0.15, 0.2) is 0 Å². The van der Waals surface area contributed by atoms with Crippen LogP contribution in [0.4, 0.5) is 0 Å². The highest BCUT2D eigenvalue weighted by molar-refractivity contribution is 5.69. The van der Waals surface area contributed by atoms with Crippen LogP contribution in [0, 0.1) is 0 Å². The summed E-state index contributed by atoms with van der Waals surface area (Å²) in [5.74, 6) is -1.07. The predicted octanol–water partition coefficient (Wildman–Crippen LogP) is 3.41. The van der Waals surface area contributed by atoms with Crippen molar-refractivity contribution in [3.8, 4) is 0 Å². The Kier molecular flexibility index (Phi) is 11.7. The Morgan fingerprint density at radius 1 is 0.833 bits per heavy atom. The molecule has 0 saturated heterocycles. The van der Waals surface area contributed by atoms with E-state index in [0.29, 0.717) is 19.4 Å². The molecule has 0 aromatic carbocycles. The predicted molar refractivity (Wildman–Crippen MR) is 68.5 cm³/mol. The Morgan fingerprint density at radius 3 is 2.11 bits per heavy atom. The molecule has 4 nitrogen and oxygen atoms in total. The van der Waals surface area contributed by atoms with E-state index >= 15 is 0 Å². The monoisotopic (exact) mass is 257 g/mol. The second kappa shape index (κ2) is 12.4. The number of hydrogen-bond acceptors (Lipinski definition) is 3. The average Bonchev–Trinajstić information content (AvgIpc) is 2.32. The minimum Gasteiger partial charge on any atom is -0.466 e. The molecule has 0 N–H and O–H groups in total. The minimum atomic E-state index is -0.976. The molecule has 0 rings (SSSR count). The highest BCUT2D eigenvalue weighted by Crippen LogP contribution is 2.06. The summed E-state index contributed by atoms with van der Waals surface area (Å²) in [6, 6.07) is 0. The van der Waals surface area contributed by atoms with Gasteiger partial charge < -0.3 is 4.74 Å². The van der Waals surface area contributed by atoms with Crippen molar-refractivity contribution in [2.24, 2.45) is 0 Å². The summed E-state index contributed by atoms with van der Waals surface area (Å²) in [6.07, 6.45) is 8.19. The maximum absolute atomic E-state index is 11.2. The van der Waals surface area contributed by atoms with Crippen molar-refractivity contribution in [3.05, 3.63) is 0 Å². The molecule has 18 heavy (non-hydrogen) atoms. The Hall–Kier alpha value is -1.06. The second-order valence-corrected chi connectivity index (χ2v) is 4.57. The number of hydrogen-bond donors (Lipinski definition) is 0. The smallest absolute Gasteiger partial charge is 0.355 e. The maximum Gasteiger partial charge on any atom is 0.355 e. The van der Waals surface area contributed by atoms with Crippen LogP contribution in [0.3, 0.4) is 0 Å². The number of carbonyl (C=O) groups excluding carboxylic acids is 2. The van der Waals surface area contributed by atoms with Gasteiger partial charge in [-0.05, 0) is 19.3 Å². The molecule has 0 heterocycles. The standard InChI is InChI=1S/C14H25O4/c1-2-3-7-11-14(17)18-12-9-6-4-5-8-10-13(15)16/h2-12H2,1H3. The average molecular weight is 257 g/mol. The van der Waals surface area contributed by atoms with Crippen LogP contribution in [0.5, 0.6) is 0 Å². The molecule has 0 aliphatic rings.